The minimum atomic E-state index is 0.499. The zero-order chi connectivity index (χ0) is 13.1. The van der Waals surface area contributed by atoms with E-state index >= 15 is 0 Å². The normalized spacial score (nSPS) is 13.6. The number of fused-ring (bicyclic) bond motifs is 1. The summed E-state index contributed by atoms with van der Waals surface area (Å²) < 4.78 is 5.77. The highest BCUT2D eigenvalue weighted by Gasteiger charge is 2.13. The van der Waals surface area contributed by atoms with Gasteiger partial charge in [0.25, 0.3) is 0 Å². The molecule has 0 spiro atoms. The predicted molar refractivity (Wildman–Crippen MR) is 78.5 cm³/mol. The number of ether oxygens (including phenoxy) is 1. The summed E-state index contributed by atoms with van der Waals surface area (Å²) in [5.74, 6) is 0.815. The molecule has 3 rings (SSSR count). The maximum Gasteiger partial charge on any atom is 0.130 e. The van der Waals surface area contributed by atoms with Crippen LogP contribution in [0.2, 0.25) is 5.02 Å². The Morgan fingerprint density at radius 2 is 1.84 bits per heavy atom. The molecule has 0 saturated carbocycles. The van der Waals surface area contributed by atoms with Crippen LogP contribution in [0.1, 0.15) is 11.1 Å². The van der Waals surface area contributed by atoms with E-state index in [1.165, 1.54) is 11.1 Å². The highest BCUT2D eigenvalue weighted by molar-refractivity contribution is 6.30. The Kier molecular flexibility index (Phi) is 3.51. The van der Waals surface area contributed by atoms with Gasteiger partial charge in [0, 0.05) is 17.1 Å². The van der Waals surface area contributed by atoms with Crippen molar-refractivity contribution in [3.8, 4) is 5.75 Å². The largest absolute Gasteiger partial charge is 0.487 e. The summed E-state index contributed by atoms with van der Waals surface area (Å²) >= 11 is 5.85. The number of hydrogen-bond acceptors (Lipinski definition) is 2. The molecule has 19 heavy (non-hydrogen) atoms. The highest BCUT2D eigenvalue weighted by atomic mass is 35.5. The van der Waals surface area contributed by atoms with Gasteiger partial charge in [0.15, 0.2) is 0 Å². The van der Waals surface area contributed by atoms with Crippen molar-refractivity contribution in [2.45, 2.75) is 6.42 Å². The molecular weight excluding hydrogens is 258 g/mol. The van der Waals surface area contributed by atoms with Crippen molar-refractivity contribution in [2.75, 3.05) is 13.2 Å². The standard InChI is InChI=1S/C16H14ClNO/c17-13-5-7-14(8-6-13)19-11-16-15-4-2-1-3-12(15)9-10-18-16/h1-8H,9-11H2. The maximum absolute atomic E-state index is 5.85. The lowest BCUT2D eigenvalue weighted by atomic mass is 9.98. The third kappa shape index (κ3) is 2.79. The first-order chi connectivity index (χ1) is 9.33. The Labute approximate surface area is 117 Å². The number of hydrogen-bond donors (Lipinski definition) is 0. The second-order valence-corrected chi connectivity index (χ2v) is 4.91. The first-order valence-corrected chi connectivity index (χ1v) is 6.71. The molecule has 1 aliphatic rings. The summed E-state index contributed by atoms with van der Waals surface area (Å²) in [4.78, 5) is 4.57. The second kappa shape index (κ2) is 5.45. The SMILES string of the molecule is Clc1ccc(OCC2=NCCc3ccccc32)cc1. The Hall–Kier alpha value is -1.80. The fourth-order valence-electron chi connectivity index (χ4n) is 2.22. The minimum absolute atomic E-state index is 0.499. The molecule has 2 aromatic carbocycles. The van der Waals surface area contributed by atoms with Gasteiger partial charge in [0.2, 0.25) is 0 Å². The third-order valence-corrected chi connectivity index (χ3v) is 3.45. The topological polar surface area (TPSA) is 21.6 Å². The molecule has 0 aromatic heterocycles. The third-order valence-electron chi connectivity index (χ3n) is 3.20. The zero-order valence-corrected chi connectivity index (χ0v) is 11.2. The van der Waals surface area contributed by atoms with Crippen LogP contribution < -0.4 is 4.74 Å². The van der Waals surface area contributed by atoms with Crippen molar-refractivity contribution in [2.24, 2.45) is 4.99 Å². The van der Waals surface area contributed by atoms with Gasteiger partial charge in [-0.15, -0.1) is 0 Å². The highest BCUT2D eigenvalue weighted by Crippen LogP contribution is 2.18. The van der Waals surface area contributed by atoms with E-state index in [1.807, 2.05) is 30.3 Å². The molecule has 2 aromatic rings. The van der Waals surface area contributed by atoms with Gasteiger partial charge in [-0.3, -0.25) is 4.99 Å². The Morgan fingerprint density at radius 1 is 1.05 bits per heavy atom. The Bertz CT molecular complexity index is 604. The van der Waals surface area contributed by atoms with Gasteiger partial charge >= 0.3 is 0 Å². The summed E-state index contributed by atoms with van der Waals surface area (Å²) in [7, 11) is 0. The van der Waals surface area contributed by atoms with Crippen LogP contribution in [0.15, 0.2) is 53.5 Å². The van der Waals surface area contributed by atoms with E-state index in [0.717, 1.165) is 24.4 Å². The molecule has 0 unspecified atom stereocenters. The van der Waals surface area contributed by atoms with Crippen molar-refractivity contribution in [1.29, 1.82) is 0 Å². The molecule has 0 fully saturated rings. The number of halogens is 1. The molecule has 0 bridgehead atoms. The quantitative estimate of drug-likeness (QED) is 0.833. The molecule has 1 aliphatic heterocycles. The van der Waals surface area contributed by atoms with E-state index in [9.17, 15) is 0 Å². The lowest BCUT2D eigenvalue weighted by Crippen LogP contribution is -2.19. The molecule has 0 aliphatic carbocycles. The number of aliphatic imine (C=N–C) groups is 1. The van der Waals surface area contributed by atoms with E-state index in [-0.39, 0.29) is 0 Å². The first kappa shape index (κ1) is 12.2. The van der Waals surface area contributed by atoms with Crippen molar-refractivity contribution in [3.05, 3.63) is 64.7 Å². The molecule has 2 nitrogen and oxygen atoms in total. The van der Waals surface area contributed by atoms with Crippen LogP contribution in [-0.4, -0.2) is 18.9 Å². The van der Waals surface area contributed by atoms with Crippen LogP contribution in [0.5, 0.6) is 5.75 Å². The van der Waals surface area contributed by atoms with Gasteiger partial charge in [0.1, 0.15) is 12.4 Å². The lowest BCUT2D eigenvalue weighted by Gasteiger charge is -2.17. The van der Waals surface area contributed by atoms with Gasteiger partial charge in [-0.1, -0.05) is 35.9 Å². The molecule has 0 N–H and O–H groups in total. The molecule has 0 atom stereocenters. The second-order valence-electron chi connectivity index (χ2n) is 4.48. The molecule has 0 radical (unpaired) electrons. The summed E-state index contributed by atoms with van der Waals surface area (Å²) in [5, 5.41) is 0.715. The van der Waals surface area contributed by atoms with Gasteiger partial charge in [-0.25, -0.2) is 0 Å². The van der Waals surface area contributed by atoms with Crippen molar-refractivity contribution >= 4 is 17.3 Å². The van der Waals surface area contributed by atoms with E-state index < -0.39 is 0 Å². The predicted octanol–water partition coefficient (Wildman–Crippen LogP) is 3.76. The number of rotatable bonds is 3. The summed E-state index contributed by atoms with van der Waals surface area (Å²) in [6, 6.07) is 15.8. The van der Waals surface area contributed by atoms with Crippen molar-refractivity contribution in [1.82, 2.24) is 0 Å². The summed E-state index contributed by atoms with van der Waals surface area (Å²) in [5.41, 5.74) is 3.59. The van der Waals surface area contributed by atoms with Gasteiger partial charge in [0.05, 0.1) is 5.71 Å². The molecule has 96 valence electrons. The van der Waals surface area contributed by atoms with Gasteiger partial charge in [-0.05, 0) is 36.2 Å². The van der Waals surface area contributed by atoms with Crippen molar-refractivity contribution in [3.63, 3.8) is 0 Å². The fraction of sp³-hybridized carbons (Fsp3) is 0.188. The van der Waals surface area contributed by atoms with E-state index in [2.05, 4.69) is 23.2 Å². The summed E-state index contributed by atoms with van der Waals surface area (Å²) in [6.07, 6.45) is 1.01. The van der Waals surface area contributed by atoms with E-state index in [4.69, 9.17) is 16.3 Å². The summed E-state index contributed by atoms with van der Waals surface area (Å²) in [6.45, 7) is 1.34. The van der Waals surface area contributed by atoms with Gasteiger partial charge < -0.3 is 4.74 Å². The van der Waals surface area contributed by atoms with Crippen LogP contribution in [0, 0.1) is 0 Å². The van der Waals surface area contributed by atoms with Crippen LogP contribution in [0.3, 0.4) is 0 Å². The fourth-order valence-corrected chi connectivity index (χ4v) is 2.35. The molecule has 0 saturated heterocycles. The number of benzene rings is 2. The maximum atomic E-state index is 5.85. The number of nitrogens with zero attached hydrogens (tertiary/aromatic N) is 1. The first-order valence-electron chi connectivity index (χ1n) is 6.33. The zero-order valence-electron chi connectivity index (χ0n) is 10.5. The van der Waals surface area contributed by atoms with Crippen LogP contribution in [0.25, 0.3) is 0 Å². The van der Waals surface area contributed by atoms with Crippen LogP contribution >= 0.6 is 11.6 Å². The average molecular weight is 272 g/mol. The Morgan fingerprint density at radius 3 is 2.68 bits per heavy atom. The van der Waals surface area contributed by atoms with Crippen LogP contribution in [0.4, 0.5) is 0 Å². The monoisotopic (exact) mass is 271 g/mol. The molecule has 0 amide bonds. The Balaban J connectivity index is 1.74. The molecular formula is C16H14ClNO. The smallest absolute Gasteiger partial charge is 0.130 e. The average Bonchev–Trinajstić information content (AvgIpc) is 2.47. The lowest BCUT2D eigenvalue weighted by molar-refractivity contribution is 0.376. The minimum Gasteiger partial charge on any atom is -0.487 e. The molecule has 1 heterocycles. The van der Waals surface area contributed by atoms with E-state index in [1.54, 1.807) is 0 Å². The van der Waals surface area contributed by atoms with Crippen LogP contribution in [-0.2, 0) is 6.42 Å². The van der Waals surface area contributed by atoms with E-state index in [0.29, 0.717) is 11.6 Å². The van der Waals surface area contributed by atoms with Crippen molar-refractivity contribution < 1.29 is 4.74 Å². The van der Waals surface area contributed by atoms with Gasteiger partial charge in [-0.2, -0.15) is 0 Å². The molecule has 3 heteroatoms.